The van der Waals surface area contributed by atoms with E-state index in [1.54, 1.807) is 15.3 Å². The molecule has 0 atom stereocenters. The third kappa shape index (κ3) is 4.07. The molecule has 0 spiro atoms. The van der Waals surface area contributed by atoms with E-state index in [0.717, 1.165) is 18.5 Å². The molecule has 1 aliphatic rings. The lowest BCUT2D eigenvalue weighted by Gasteiger charge is -2.29. The van der Waals surface area contributed by atoms with Crippen molar-refractivity contribution in [1.29, 1.82) is 0 Å². The van der Waals surface area contributed by atoms with Crippen LogP contribution in [0, 0.1) is 19.8 Å². The van der Waals surface area contributed by atoms with Crippen LogP contribution in [0.25, 0.3) is 10.7 Å². The molecule has 0 unspecified atom stereocenters. The van der Waals surface area contributed by atoms with Crippen LogP contribution in [0.2, 0.25) is 0 Å². The number of nitrogens with zero attached hydrogens (tertiary/aromatic N) is 4. The van der Waals surface area contributed by atoms with Crippen LogP contribution >= 0.6 is 11.3 Å². The summed E-state index contributed by atoms with van der Waals surface area (Å²) in [5.41, 5.74) is 2.09. The first kappa shape index (κ1) is 23.0. The van der Waals surface area contributed by atoms with E-state index in [4.69, 9.17) is 0 Å². The number of hydrogen-bond acceptors (Lipinski definition) is 5. The van der Waals surface area contributed by atoms with Crippen LogP contribution < -0.4 is 0 Å². The number of carbonyl (C=O) groups is 1. The Balaban J connectivity index is 1.98. The molecule has 1 saturated heterocycles. The van der Waals surface area contributed by atoms with Crippen LogP contribution in [0.15, 0.2) is 11.0 Å². The van der Waals surface area contributed by atoms with Crippen LogP contribution in [0.5, 0.6) is 0 Å². The lowest BCUT2D eigenvalue weighted by molar-refractivity contribution is 0.0777. The fraction of sp³-hybridized carbons (Fsp3) is 0.619. The summed E-state index contributed by atoms with van der Waals surface area (Å²) in [5.74, 6) is 0.534. The highest BCUT2D eigenvalue weighted by Gasteiger charge is 2.32. The molecule has 1 fully saturated rings. The first-order chi connectivity index (χ1) is 14.1. The number of hydrogen-bond donors (Lipinski definition) is 0. The number of aromatic nitrogens is 2. The van der Waals surface area contributed by atoms with Gasteiger partial charge in [0.05, 0.1) is 11.4 Å². The van der Waals surface area contributed by atoms with Gasteiger partial charge in [-0.05, 0) is 52.5 Å². The van der Waals surface area contributed by atoms with Crippen molar-refractivity contribution in [1.82, 2.24) is 18.8 Å². The number of thiazole rings is 1. The first-order valence-corrected chi connectivity index (χ1v) is 12.8. The maximum atomic E-state index is 13.3. The molecule has 0 aromatic carbocycles. The van der Waals surface area contributed by atoms with Crippen molar-refractivity contribution in [3.8, 4) is 10.7 Å². The number of piperidine rings is 1. The smallest absolute Gasteiger partial charge is 0.265 e. The van der Waals surface area contributed by atoms with Crippen LogP contribution in [0.4, 0.5) is 0 Å². The number of aryl methyl sites for hydroxylation is 1. The van der Waals surface area contributed by atoms with Crippen LogP contribution in [-0.2, 0) is 17.1 Å². The van der Waals surface area contributed by atoms with Gasteiger partial charge in [0.1, 0.15) is 14.8 Å². The van der Waals surface area contributed by atoms with Crippen LogP contribution in [0.1, 0.15) is 54.7 Å². The Morgan fingerprint density at radius 2 is 1.83 bits per heavy atom. The minimum absolute atomic E-state index is 0.0255. The number of carbonyl (C=O) groups excluding carboxylic acids is 1. The van der Waals surface area contributed by atoms with Gasteiger partial charge in [-0.1, -0.05) is 6.92 Å². The summed E-state index contributed by atoms with van der Waals surface area (Å²) in [7, 11) is -1.70. The topological polar surface area (TPSA) is 75.5 Å². The SMILES string of the molecule is CCN(CC)C(=O)c1sc(-c2cc(S(=O)(=O)N3CCC(C)CC3)c(C)n2C)nc1C. The first-order valence-electron chi connectivity index (χ1n) is 10.5. The molecule has 7 nitrogen and oxygen atoms in total. The van der Waals surface area contributed by atoms with Crippen molar-refractivity contribution in [3.05, 3.63) is 22.3 Å². The highest BCUT2D eigenvalue weighted by atomic mass is 32.2. The Morgan fingerprint density at radius 1 is 1.23 bits per heavy atom. The summed E-state index contributed by atoms with van der Waals surface area (Å²) in [6.07, 6.45) is 1.78. The van der Waals surface area contributed by atoms with Gasteiger partial charge in [-0.15, -0.1) is 11.3 Å². The zero-order valence-electron chi connectivity index (χ0n) is 18.7. The predicted octanol–water partition coefficient (Wildman–Crippen LogP) is 3.67. The van der Waals surface area contributed by atoms with Crippen molar-refractivity contribution in [2.75, 3.05) is 26.2 Å². The van der Waals surface area contributed by atoms with Gasteiger partial charge >= 0.3 is 0 Å². The van der Waals surface area contributed by atoms with Gasteiger partial charge in [0.25, 0.3) is 5.91 Å². The van der Waals surface area contributed by atoms with Crippen molar-refractivity contribution >= 4 is 27.3 Å². The molecule has 2 aromatic rings. The summed E-state index contributed by atoms with van der Waals surface area (Å²) in [4.78, 5) is 20.1. The minimum Gasteiger partial charge on any atom is -0.345 e. The summed E-state index contributed by atoms with van der Waals surface area (Å²) in [6.45, 7) is 12.1. The van der Waals surface area contributed by atoms with Gasteiger partial charge in [0.15, 0.2) is 0 Å². The fourth-order valence-corrected chi connectivity index (χ4v) is 6.69. The molecule has 0 radical (unpaired) electrons. The molecule has 166 valence electrons. The summed E-state index contributed by atoms with van der Waals surface area (Å²) in [6, 6.07) is 1.71. The van der Waals surface area contributed by atoms with E-state index in [0.29, 0.717) is 58.3 Å². The lowest BCUT2D eigenvalue weighted by Crippen LogP contribution is -2.38. The maximum absolute atomic E-state index is 13.3. The highest BCUT2D eigenvalue weighted by molar-refractivity contribution is 7.89. The molecule has 30 heavy (non-hydrogen) atoms. The summed E-state index contributed by atoms with van der Waals surface area (Å²) < 4.78 is 30.1. The number of amides is 1. The van der Waals surface area contributed by atoms with Gasteiger partial charge in [-0.2, -0.15) is 4.31 Å². The normalized spacial score (nSPS) is 16.2. The Morgan fingerprint density at radius 3 is 2.40 bits per heavy atom. The number of sulfonamides is 1. The monoisotopic (exact) mass is 452 g/mol. The molecule has 9 heteroatoms. The average molecular weight is 453 g/mol. The third-order valence-corrected chi connectivity index (χ3v) is 9.29. The van der Waals surface area contributed by atoms with Gasteiger partial charge in [0.2, 0.25) is 10.0 Å². The minimum atomic E-state index is -3.55. The van der Waals surface area contributed by atoms with E-state index in [1.165, 1.54) is 11.3 Å². The maximum Gasteiger partial charge on any atom is 0.265 e. The van der Waals surface area contributed by atoms with E-state index in [-0.39, 0.29) is 5.91 Å². The molecule has 2 aromatic heterocycles. The Hall–Kier alpha value is -1.71. The molecule has 0 bridgehead atoms. The fourth-order valence-electron chi connectivity index (χ4n) is 3.86. The second-order valence-corrected chi connectivity index (χ2v) is 10.9. The van der Waals surface area contributed by atoms with Gasteiger partial charge in [-0.25, -0.2) is 13.4 Å². The Bertz CT molecular complexity index is 1030. The van der Waals surface area contributed by atoms with E-state index in [9.17, 15) is 13.2 Å². The van der Waals surface area contributed by atoms with Crippen molar-refractivity contribution in [2.45, 2.75) is 52.4 Å². The standard InChI is InChI=1S/C21H32N4O3S2/c1-7-24(8-2)21(26)19-15(4)22-20(29-19)17-13-18(16(5)23(17)6)30(27,28)25-11-9-14(3)10-12-25/h13-14H,7-12H2,1-6H3. The third-order valence-electron chi connectivity index (χ3n) is 6.11. The van der Waals surface area contributed by atoms with Crippen molar-refractivity contribution < 1.29 is 13.2 Å². The molecule has 3 heterocycles. The molecule has 1 amide bonds. The quantitative estimate of drug-likeness (QED) is 0.670. The molecule has 1 aliphatic heterocycles. The zero-order valence-corrected chi connectivity index (χ0v) is 20.4. The summed E-state index contributed by atoms with van der Waals surface area (Å²) >= 11 is 1.33. The predicted molar refractivity (Wildman–Crippen MR) is 120 cm³/mol. The zero-order chi connectivity index (χ0) is 22.2. The second-order valence-electron chi connectivity index (χ2n) is 8.04. The Labute approximate surface area is 183 Å². The summed E-state index contributed by atoms with van der Waals surface area (Å²) in [5, 5.41) is 0.669. The van der Waals surface area contributed by atoms with Crippen molar-refractivity contribution in [2.24, 2.45) is 13.0 Å². The molecule has 0 aliphatic carbocycles. The average Bonchev–Trinajstić information content (AvgIpc) is 3.23. The Kier molecular flexibility index (Phi) is 6.74. The largest absolute Gasteiger partial charge is 0.345 e. The molecular weight excluding hydrogens is 420 g/mol. The van der Waals surface area contributed by atoms with Gasteiger partial charge in [0, 0.05) is 38.9 Å². The van der Waals surface area contributed by atoms with Gasteiger partial charge in [-0.3, -0.25) is 4.79 Å². The van der Waals surface area contributed by atoms with Crippen LogP contribution in [-0.4, -0.2) is 59.3 Å². The highest BCUT2D eigenvalue weighted by Crippen LogP contribution is 2.34. The molecule has 0 N–H and O–H groups in total. The second kappa shape index (κ2) is 8.80. The van der Waals surface area contributed by atoms with Crippen LogP contribution in [0.3, 0.4) is 0 Å². The lowest BCUT2D eigenvalue weighted by atomic mass is 10.0. The van der Waals surface area contributed by atoms with E-state index < -0.39 is 10.0 Å². The number of rotatable bonds is 6. The van der Waals surface area contributed by atoms with E-state index >= 15 is 0 Å². The molecular formula is C21H32N4O3S2. The molecule has 0 saturated carbocycles. The van der Waals surface area contributed by atoms with Crippen molar-refractivity contribution in [3.63, 3.8) is 0 Å². The van der Waals surface area contributed by atoms with E-state index in [1.807, 2.05) is 39.3 Å². The van der Waals surface area contributed by atoms with Gasteiger partial charge < -0.3 is 9.47 Å². The molecule has 3 rings (SSSR count). The van der Waals surface area contributed by atoms with E-state index in [2.05, 4.69) is 11.9 Å².